The van der Waals surface area contributed by atoms with Gasteiger partial charge in [0.05, 0.1) is 18.9 Å². The van der Waals surface area contributed by atoms with Crippen LogP contribution in [0.3, 0.4) is 0 Å². The maximum Gasteiger partial charge on any atom is 0.643 e. The monoisotopic (exact) mass is 541 g/mol. The fraction of sp³-hybridized carbons (Fsp3) is 0.0541. The summed E-state index contributed by atoms with van der Waals surface area (Å²) in [6, 6.07) is 50.5. The van der Waals surface area contributed by atoms with Crippen LogP contribution in [0.25, 0.3) is 22.3 Å². The number of aromatic nitrogens is 1. The molecule has 0 bridgehead atoms. The Bertz CT molecular complexity index is 1950. The van der Waals surface area contributed by atoms with Gasteiger partial charge in [0.15, 0.2) is 0 Å². The van der Waals surface area contributed by atoms with Crippen molar-refractivity contribution in [2.45, 2.75) is 6.92 Å². The predicted octanol–water partition coefficient (Wildman–Crippen LogP) is 8.58. The molecule has 2 aliphatic rings. The van der Waals surface area contributed by atoms with Crippen LogP contribution in [0.15, 0.2) is 146 Å². The fourth-order valence-corrected chi connectivity index (χ4v) is 6.75. The highest BCUT2D eigenvalue weighted by atomic mass is 15.4. The van der Waals surface area contributed by atoms with Crippen LogP contribution in [-0.4, -0.2) is 7.12 Å². The summed E-state index contributed by atoms with van der Waals surface area (Å²) in [5, 5.41) is 0. The van der Waals surface area contributed by atoms with Crippen LogP contribution in [-0.2, 0) is 7.05 Å². The second-order valence-electron chi connectivity index (χ2n) is 11.0. The minimum Gasteiger partial charge on any atom is -0.322 e. The molecule has 0 fully saturated rings. The van der Waals surface area contributed by atoms with E-state index in [0.29, 0.717) is 0 Å². The lowest BCUT2D eigenvalue weighted by Gasteiger charge is -2.35. The Kier molecular flexibility index (Phi) is 5.64. The minimum atomic E-state index is -0.228. The molecular formula is C37H30BN4+. The molecule has 42 heavy (non-hydrogen) atoms. The fourth-order valence-electron chi connectivity index (χ4n) is 6.75. The smallest absolute Gasteiger partial charge is 0.322 e. The van der Waals surface area contributed by atoms with Gasteiger partial charge < -0.3 is 9.62 Å². The quantitative estimate of drug-likeness (QED) is 0.161. The van der Waals surface area contributed by atoms with E-state index in [1.807, 2.05) is 0 Å². The molecule has 0 amide bonds. The molecule has 6 aromatic rings. The first kappa shape index (κ1) is 24.5. The first-order valence-electron chi connectivity index (χ1n) is 14.5. The van der Waals surface area contributed by atoms with Gasteiger partial charge in [0.2, 0.25) is 0 Å². The van der Waals surface area contributed by atoms with Crippen LogP contribution < -0.4 is 19.0 Å². The van der Waals surface area contributed by atoms with Gasteiger partial charge in [-0.2, -0.15) is 0 Å². The van der Waals surface area contributed by atoms with Gasteiger partial charge in [-0.1, -0.05) is 97.1 Å². The third-order valence-electron chi connectivity index (χ3n) is 8.55. The lowest BCUT2D eigenvalue weighted by molar-refractivity contribution is -0.658. The number of pyridine rings is 1. The zero-order valence-electron chi connectivity index (χ0n) is 23.7. The molecule has 5 heteroatoms. The van der Waals surface area contributed by atoms with Crippen LogP contribution >= 0.6 is 0 Å². The van der Waals surface area contributed by atoms with Crippen LogP contribution in [0.1, 0.15) is 5.56 Å². The molecule has 3 heterocycles. The summed E-state index contributed by atoms with van der Waals surface area (Å²) in [5.41, 5.74) is 12.0. The third kappa shape index (κ3) is 3.60. The van der Waals surface area contributed by atoms with E-state index in [0.717, 1.165) is 17.2 Å². The standard InChI is InChI=1S/C37H30BN4/c1-27-15-14-24-35-37(27)42(36-25-12-13-26-39(36)2)38-40(28-16-4-3-5-17-28)33-22-10-8-20-31(33)29-18-6-7-19-30(29)32-21-9-11-23-34(32)41(35)38/h3-26H,1-2H3/q+1. The van der Waals surface area contributed by atoms with Gasteiger partial charge in [0.1, 0.15) is 5.69 Å². The maximum atomic E-state index is 2.54. The van der Waals surface area contributed by atoms with E-state index in [1.165, 1.54) is 44.9 Å². The minimum absolute atomic E-state index is 0.228. The average molecular weight is 541 g/mol. The van der Waals surface area contributed by atoms with E-state index in [2.05, 4.69) is 179 Å². The van der Waals surface area contributed by atoms with Gasteiger partial charge in [0, 0.05) is 34.3 Å². The normalized spacial score (nSPS) is 13.3. The van der Waals surface area contributed by atoms with E-state index in [-0.39, 0.29) is 7.12 Å². The first-order chi connectivity index (χ1) is 20.7. The number of hydrogen-bond acceptors (Lipinski definition) is 3. The summed E-state index contributed by atoms with van der Waals surface area (Å²) in [5.74, 6) is 1.12. The molecule has 0 saturated carbocycles. The molecule has 1 aromatic heterocycles. The summed E-state index contributed by atoms with van der Waals surface area (Å²) in [7, 11) is 1.91. The van der Waals surface area contributed by atoms with Gasteiger partial charge in [-0.15, -0.1) is 0 Å². The Morgan fingerprint density at radius 2 is 1.02 bits per heavy atom. The number of anilines is 6. The van der Waals surface area contributed by atoms with Crippen molar-refractivity contribution in [3.8, 4) is 22.3 Å². The Balaban J connectivity index is 1.56. The number of para-hydroxylation sites is 4. The molecule has 8 rings (SSSR count). The SMILES string of the molecule is Cc1cccc2c1N(c1cccc[n+]1C)B1N(c3ccccc3)c3ccccc3-c3ccccc3-c3ccccc3N12. The number of aryl methyl sites for hydroxylation is 2. The molecule has 0 N–H and O–H groups in total. The van der Waals surface area contributed by atoms with E-state index >= 15 is 0 Å². The highest BCUT2D eigenvalue weighted by Gasteiger charge is 2.57. The van der Waals surface area contributed by atoms with Crippen molar-refractivity contribution in [3.63, 3.8) is 0 Å². The molecule has 5 aromatic carbocycles. The molecule has 0 saturated heterocycles. The average Bonchev–Trinajstić information content (AvgIpc) is 3.39. The second-order valence-corrected chi connectivity index (χ2v) is 11.0. The van der Waals surface area contributed by atoms with Crippen molar-refractivity contribution < 1.29 is 4.57 Å². The summed E-state index contributed by atoms with van der Waals surface area (Å²) >= 11 is 0. The van der Waals surface area contributed by atoms with Crippen molar-refractivity contribution in [2.24, 2.45) is 7.05 Å². The summed E-state index contributed by atoms with van der Waals surface area (Å²) in [6.45, 7) is 2.23. The van der Waals surface area contributed by atoms with Crippen molar-refractivity contribution in [2.75, 3.05) is 14.4 Å². The summed E-state index contributed by atoms with van der Waals surface area (Å²) < 4.78 is 2.22. The zero-order chi connectivity index (χ0) is 28.2. The molecule has 4 nitrogen and oxygen atoms in total. The van der Waals surface area contributed by atoms with Crippen molar-refractivity contribution >= 4 is 41.4 Å². The van der Waals surface area contributed by atoms with Crippen molar-refractivity contribution in [1.29, 1.82) is 0 Å². The molecule has 0 unspecified atom stereocenters. The maximum absolute atomic E-state index is 2.54. The van der Waals surface area contributed by atoms with Gasteiger partial charge in [-0.3, -0.25) is 0 Å². The second kappa shape index (κ2) is 9.67. The lowest BCUT2D eigenvalue weighted by atomic mass is 9.81. The molecular weight excluding hydrogens is 511 g/mol. The Morgan fingerprint density at radius 1 is 0.476 bits per heavy atom. The number of nitrogens with zero attached hydrogens (tertiary/aromatic N) is 4. The zero-order valence-corrected chi connectivity index (χ0v) is 23.7. The lowest BCUT2D eigenvalue weighted by Crippen LogP contribution is -2.58. The van der Waals surface area contributed by atoms with Crippen LogP contribution in [0.5, 0.6) is 0 Å². The first-order valence-corrected chi connectivity index (χ1v) is 14.5. The van der Waals surface area contributed by atoms with Crippen LogP contribution in [0, 0.1) is 6.92 Å². The predicted molar refractivity (Wildman–Crippen MR) is 175 cm³/mol. The number of hydrogen-bond donors (Lipinski definition) is 0. The molecule has 200 valence electrons. The van der Waals surface area contributed by atoms with E-state index < -0.39 is 0 Å². The van der Waals surface area contributed by atoms with E-state index in [9.17, 15) is 0 Å². The molecule has 2 aliphatic heterocycles. The van der Waals surface area contributed by atoms with E-state index in [4.69, 9.17) is 0 Å². The van der Waals surface area contributed by atoms with Crippen molar-refractivity contribution in [1.82, 2.24) is 0 Å². The number of fused-ring (bicyclic) bond motifs is 9. The number of benzene rings is 5. The Hall–Kier alpha value is -5.29. The third-order valence-corrected chi connectivity index (χ3v) is 8.55. The van der Waals surface area contributed by atoms with Gasteiger partial charge in [-0.25, -0.2) is 9.38 Å². The Labute approximate surface area is 247 Å². The van der Waals surface area contributed by atoms with Crippen LogP contribution in [0.2, 0.25) is 0 Å². The summed E-state index contributed by atoms with van der Waals surface area (Å²) in [4.78, 5) is 7.57. The highest BCUT2D eigenvalue weighted by molar-refractivity contribution is 6.78. The highest BCUT2D eigenvalue weighted by Crippen LogP contribution is 2.54. The van der Waals surface area contributed by atoms with Gasteiger partial charge in [-0.05, 0) is 60.0 Å². The van der Waals surface area contributed by atoms with Gasteiger partial charge >= 0.3 is 7.12 Å². The largest absolute Gasteiger partial charge is 0.643 e. The van der Waals surface area contributed by atoms with Crippen molar-refractivity contribution in [3.05, 3.63) is 151 Å². The molecule has 0 atom stereocenters. The number of rotatable bonds is 2. The Morgan fingerprint density at radius 3 is 1.69 bits per heavy atom. The summed E-state index contributed by atoms with van der Waals surface area (Å²) in [6.07, 6.45) is 2.13. The molecule has 0 radical (unpaired) electrons. The van der Waals surface area contributed by atoms with Gasteiger partial charge in [0.25, 0.3) is 5.82 Å². The molecule has 0 aliphatic carbocycles. The van der Waals surface area contributed by atoms with Crippen LogP contribution in [0.4, 0.5) is 34.3 Å². The van der Waals surface area contributed by atoms with E-state index in [1.54, 1.807) is 0 Å². The molecule has 0 spiro atoms. The topological polar surface area (TPSA) is 13.6 Å².